The first-order valence-corrected chi connectivity index (χ1v) is 8.74. The third-order valence-corrected chi connectivity index (χ3v) is 4.47. The highest BCUT2D eigenvalue weighted by atomic mass is 32.1. The molecule has 26 heavy (non-hydrogen) atoms. The van der Waals surface area contributed by atoms with Gasteiger partial charge in [-0.1, -0.05) is 12.1 Å². The highest BCUT2D eigenvalue weighted by Gasteiger charge is 2.10. The van der Waals surface area contributed by atoms with E-state index in [1.807, 2.05) is 29.6 Å². The van der Waals surface area contributed by atoms with Crippen LogP contribution in [0.15, 0.2) is 66.8 Å². The fourth-order valence-corrected chi connectivity index (χ4v) is 3.12. The lowest BCUT2D eigenvalue weighted by atomic mass is 10.1. The summed E-state index contributed by atoms with van der Waals surface area (Å²) in [4.78, 5) is 24.8. The largest absolute Gasteiger partial charge is 0.298 e. The summed E-state index contributed by atoms with van der Waals surface area (Å²) in [7, 11) is 0. The molecule has 0 spiro atoms. The van der Waals surface area contributed by atoms with E-state index in [2.05, 4.69) is 25.4 Å². The van der Waals surface area contributed by atoms with Crippen molar-refractivity contribution >= 4 is 22.4 Å². The van der Waals surface area contributed by atoms with Crippen LogP contribution >= 0.6 is 11.3 Å². The molecule has 0 fully saturated rings. The second-order valence-corrected chi connectivity index (χ2v) is 6.38. The predicted octanol–water partition coefficient (Wildman–Crippen LogP) is 3.10. The molecule has 8 heteroatoms. The summed E-state index contributed by atoms with van der Waals surface area (Å²) in [6.45, 7) is 0.614. The van der Waals surface area contributed by atoms with E-state index in [-0.39, 0.29) is 5.91 Å². The molecule has 128 valence electrons. The van der Waals surface area contributed by atoms with Crippen molar-refractivity contribution in [2.45, 2.75) is 6.54 Å². The number of carbonyl (C=O) groups excluding carboxylic acids is 1. The summed E-state index contributed by atoms with van der Waals surface area (Å²) in [6.07, 6.45) is 6.61. The lowest BCUT2D eigenvalue weighted by molar-refractivity contribution is 0.102. The van der Waals surface area contributed by atoms with E-state index in [0.29, 0.717) is 17.2 Å². The molecule has 4 rings (SSSR count). The first-order chi connectivity index (χ1) is 12.8. The van der Waals surface area contributed by atoms with Crippen molar-refractivity contribution in [2.24, 2.45) is 0 Å². The van der Waals surface area contributed by atoms with E-state index in [1.165, 1.54) is 17.7 Å². The number of nitrogens with zero attached hydrogens (tertiary/aromatic N) is 5. The maximum atomic E-state index is 12.4. The van der Waals surface area contributed by atoms with Crippen molar-refractivity contribution < 1.29 is 4.79 Å². The van der Waals surface area contributed by atoms with Gasteiger partial charge < -0.3 is 0 Å². The van der Waals surface area contributed by atoms with Gasteiger partial charge in [0.25, 0.3) is 5.91 Å². The van der Waals surface area contributed by atoms with Crippen LogP contribution in [0.5, 0.6) is 0 Å². The molecule has 0 saturated heterocycles. The molecule has 0 aliphatic heterocycles. The third kappa shape index (κ3) is 3.65. The van der Waals surface area contributed by atoms with Crippen molar-refractivity contribution in [3.05, 3.63) is 78.0 Å². The average Bonchev–Trinajstić information content (AvgIpc) is 3.35. The SMILES string of the molecule is O=C(Nc1nc(-c2cccnc2)cs1)c1ccc(Cn2cncn2)cc1. The van der Waals surface area contributed by atoms with E-state index in [9.17, 15) is 4.79 Å². The highest BCUT2D eigenvalue weighted by Crippen LogP contribution is 2.24. The minimum atomic E-state index is -0.190. The van der Waals surface area contributed by atoms with Crippen LogP contribution in [0.4, 0.5) is 5.13 Å². The molecule has 4 aromatic rings. The van der Waals surface area contributed by atoms with Crippen molar-refractivity contribution in [1.82, 2.24) is 24.7 Å². The Morgan fingerprint density at radius 2 is 2.04 bits per heavy atom. The molecule has 7 nitrogen and oxygen atoms in total. The Hall–Kier alpha value is -3.39. The number of pyridine rings is 1. The lowest BCUT2D eigenvalue weighted by Gasteiger charge is -2.04. The van der Waals surface area contributed by atoms with Crippen LogP contribution in [0.2, 0.25) is 0 Å². The molecular formula is C18H14N6OS. The van der Waals surface area contributed by atoms with Crippen LogP contribution in [0, 0.1) is 0 Å². The molecular weight excluding hydrogens is 348 g/mol. The third-order valence-electron chi connectivity index (χ3n) is 3.71. The molecule has 0 bridgehead atoms. The number of aromatic nitrogens is 5. The maximum absolute atomic E-state index is 12.4. The number of amides is 1. The van der Waals surface area contributed by atoms with E-state index in [0.717, 1.165) is 16.8 Å². The minimum absolute atomic E-state index is 0.190. The number of rotatable bonds is 5. The van der Waals surface area contributed by atoms with E-state index in [4.69, 9.17) is 0 Å². The maximum Gasteiger partial charge on any atom is 0.257 e. The van der Waals surface area contributed by atoms with Gasteiger partial charge in [0.05, 0.1) is 12.2 Å². The van der Waals surface area contributed by atoms with Crippen molar-refractivity contribution in [3.63, 3.8) is 0 Å². The van der Waals surface area contributed by atoms with Gasteiger partial charge in [0.1, 0.15) is 12.7 Å². The number of nitrogens with one attached hydrogen (secondary N) is 1. The van der Waals surface area contributed by atoms with E-state index >= 15 is 0 Å². The molecule has 1 amide bonds. The van der Waals surface area contributed by atoms with Crippen LogP contribution in [0.1, 0.15) is 15.9 Å². The summed E-state index contributed by atoms with van der Waals surface area (Å²) in [5.41, 5.74) is 3.33. The summed E-state index contributed by atoms with van der Waals surface area (Å²) in [5, 5.41) is 9.35. The van der Waals surface area contributed by atoms with Gasteiger partial charge in [-0.2, -0.15) is 5.10 Å². The zero-order valence-electron chi connectivity index (χ0n) is 13.6. The summed E-state index contributed by atoms with van der Waals surface area (Å²) < 4.78 is 1.73. The number of hydrogen-bond donors (Lipinski definition) is 1. The summed E-state index contributed by atoms with van der Waals surface area (Å²) in [6, 6.07) is 11.2. The summed E-state index contributed by atoms with van der Waals surface area (Å²) in [5.74, 6) is -0.190. The normalized spacial score (nSPS) is 10.6. The fourth-order valence-electron chi connectivity index (χ4n) is 2.41. The van der Waals surface area contributed by atoms with Gasteiger partial charge in [-0.15, -0.1) is 11.3 Å². The van der Waals surface area contributed by atoms with Crippen LogP contribution < -0.4 is 5.32 Å². The van der Waals surface area contributed by atoms with Crippen LogP contribution in [-0.2, 0) is 6.54 Å². The second-order valence-electron chi connectivity index (χ2n) is 5.52. The second kappa shape index (κ2) is 7.24. The number of benzene rings is 1. The van der Waals surface area contributed by atoms with Gasteiger partial charge in [-0.05, 0) is 29.8 Å². The minimum Gasteiger partial charge on any atom is -0.298 e. The molecule has 3 heterocycles. The number of hydrogen-bond acceptors (Lipinski definition) is 6. The van der Waals surface area contributed by atoms with Gasteiger partial charge in [0.15, 0.2) is 5.13 Å². The number of anilines is 1. The lowest BCUT2D eigenvalue weighted by Crippen LogP contribution is -2.11. The Morgan fingerprint density at radius 1 is 1.15 bits per heavy atom. The van der Waals surface area contributed by atoms with E-state index in [1.54, 1.807) is 35.5 Å². The van der Waals surface area contributed by atoms with Crippen LogP contribution in [0.3, 0.4) is 0 Å². The Morgan fingerprint density at radius 3 is 2.77 bits per heavy atom. The smallest absolute Gasteiger partial charge is 0.257 e. The molecule has 0 unspecified atom stereocenters. The highest BCUT2D eigenvalue weighted by molar-refractivity contribution is 7.14. The Kier molecular flexibility index (Phi) is 4.48. The topological polar surface area (TPSA) is 85.6 Å². The summed E-state index contributed by atoms with van der Waals surface area (Å²) >= 11 is 1.38. The molecule has 1 aromatic carbocycles. The first kappa shape index (κ1) is 16.1. The molecule has 0 aliphatic rings. The molecule has 1 N–H and O–H groups in total. The Bertz CT molecular complexity index is 996. The molecule has 3 aromatic heterocycles. The predicted molar refractivity (Wildman–Crippen MR) is 98.9 cm³/mol. The van der Waals surface area contributed by atoms with Gasteiger partial charge in [-0.3, -0.25) is 15.1 Å². The molecule has 0 saturated carbocycles. The fraction of sp³-hybridized carbons (Fsp3) is 0.0556. The number of thiazole rings is 1. The monoisotopic (exact) mass is 362 g/mol. The van der Waals surface area contributed by atoms with Crippen molar-refractivity contribution in [1.29, 1.82) is 0 Å². The zero-order chi connectivity index (χ0) is 17.8. The van der Waals surface area contributed by atoms with Gasteiger partial charge >= 0.3 is 0 Å². The van der Waals surface area contributed by atoms with Gasteiger partial charge in [-0.25, -0.2) is 14.6 Å². The number of carbonyl (C=O) groups is 1. The Balaban J connectivity index is 1.42. The molecule has 0 atom stereocenters. The molecule has 0 radical (unpaired) electrons. The first-order valence-electron chi connectivity index (χ1n) is 7.86. The Labute approximate surface area is 153 Å². The standard InChI is InChI=1S/C18H14N6OS/c25-17(14-5-3-13(4-6-14)9-24-12-20-11-21-24)23-18-22-16(10-26-18)15-2-1-7-19-8-15/h1-8,10-12H,9H2,(H,22,23,25). The van der Waals surface area contributed by atoms with Crippen LogP contribution in [-0.4, -0.2) is 30.6 Å². The quantitative estimate of drug-likeness (QED) is 0.590. The van der Waals surface area contributed by atoms with E-state index < -0.39 is 0 Å². The average molecular weight is 362 g/mol. The van der Waals surface area contributed by atoms with Gasteiger partial charge in [0, 0.05) is 28.9 Å². The van der Waals surface area contributed by atoms with Gasteiger partial charge in [0.2, 0.25) is 0 Å². The van der Waals surface area contributed by atoms with Crippen molar-refractivity contribution in [2.75, 3.05) is 5.32 Å². The zero-order valence-corrected chi connectivity index (χ0v) is 14.4. The van der Waals surface area contributed by atoms with Crippen LogP contribution in [0.25, 0.3) is 11.3 Å². The van der Waals surface area contributed by atoms with Crippen molar-refractivity contribution in [3.8, 4) is 11.3 Å². The molecule has 0 aliphatic carbocycles.